The molecule has 1 unspecified atom stereocenters. The molecule has 2 heteroatoms. The maximum absolute atomic E-state index is 3.26. The van der Waals surface area contributed by atoms with Crippen molar-refractivity contribution in [2.24, 2.45) is 0 Å². The van der Waals surface area contributed by atoms with Crippen LogP contribution < -0.4 is 5.32 Å². The second-order valence-corrected chi connectivity index (χ2v) is 3.47. The summed E-state index contributed by atoms with van der Waals surface area (Å²) in [5, 5.41) is 3.26. The van der Waals surface area contributed by atoms with Gasteiger partial charge in [-0.25, -0.2) is 0 Å². The van der Waals surface area contributed by atoms with Crippen molar-refractivity contribution in [3.05, 3.63) is 0 Å². The molecule has 0 aromatic heterocycles. The molecule has 0 amide bonds. The monoisotopic (exact) mass is 145 g/mol. The van der Waals surface area contributed by atoms with Crippen molar-refractivity contribution < 1.29 is 4.48 Å². The fourth-order valence-electron chi connectivity index (χ4n) is 1.12. The lowest BCUT2D eigenvalue weighted by molar-refractivity contribution is -0.916. The van der Waals surface area contributed by atoms with Crippen LogP contribution in [0.4, 0.5) is 0 Å². The number of nitrogens with zero attached hydrogens (tertiary/aromatic N) is 1. The highest BCUT2D eigenvalue weighted by Crippen LogP contribution is 2.03. The first-order valence-corrected chi connectivity index (χ1v) is 4.04. The van der Waals surface area contributed by atoms with Crippen molar-refractivity contribution in [2.75, 3.05) is 27.7 Å². The fraction of sp³-hybridized carbons (Fsp3) is 1.00. The van der Waals surface area contributed by atoms with Crippen LogP contribution in [0.15, 0.2) is 0 Å². The summed E-state index contributed by atoms with van der Waals surface area (Å²) in [4.78, 5) is 0. The average Bonchev–Trinajstić information content (AvgIpc) is 1.86. The highest BCUT2D eigenvalue weighted by molar-refractivity contribution is 4.41. The third kappa shape index (κ3) is 2.67. The lowest BCUT2D eigenvalue weighted by atomic mass is 10.3. The van der Waals surface area contributed by atoms with E-state index in [-0.39, 0.29) is 0 Å². The molecule has 0 aliphatic rings. The molecule has 0 rings (SSSR count). The fourth-order valence-corrected chi connectivity index (χ4v) is 1.12. The standard InChI is InChI=1S/C8H21N2/c1-6-7-10(4,5)8(2)9-3/h8-9H,6-7H2,1-5H3/q+1. The van der Waals surface area contributed by atoms with Gasteiger partial charge >= 0.3 is 0 Å². The van der Waals surface area contributed by atoms with E-state index in [2.05, 4.69) is 33.3 Å². The Bertz CT molecular complexity index is 89.3. The Morgan fingerprint density at radius 1 is 1.40 bits per heavy atom. The summed E-state index contributed by atoms with van der Waals surface area (Å²) in [5.74, 6) is 0. The summed E-state index contributed by atoms with van der Waals surface area (Å²) in [6, 6.07) is 0. The Morgan fingerprint density at radius 3 is 2.20 bits per heavy atom. The summed E-state index contributed by atoms with van der Waals surface area (Å²) < 4.78 is 1.06. The van der Waals surface area contributed by atoms with Crippen LogP contribution in [0.5, 0.6) is 0 Å². The molecule has 0 radical (unpaired) electrons. The third-order valence-corrected chi connectivity index (χ3v) is 2.27. The molecule has 0 aliphatic carbocycles. The number of hydrogen-bond donors (Lipinski definition) is 1. The summed E-state index contributed by atoms with van der Waals surface area (Å²) in [7, 11) is 6.52. The van der Waals surface area contributed by atoms with Crippen molar-refractivity contribution in [2.45, 2.75) is 26.4 Å². The maximum Gasteiger partial charge on any atom is 0.139 e. The van der Waals surface area contributed by atoms with Gasteiger partial charge in [-0.1, -0.05) is 6.92 Å². The van der Waals surface area contributed by atoms with E-state index in [4.69, 9.17) is 0 Å². The number of hydrogen-bond acceptors (Lipinski definition) is 1. The predicted octanol–water partition coefficient (Wildman–Crippen LogP) is 1.04. The molecule has 0 saturated carbocycles. The van der Waals surface area contributed by atoms with Crippen LogP contribution >= 0.6 is 0 Å². The van der Waals surface area contributed by atoms with E-state index in [9.17, 15) is 0 Å². The Morgan fingerprint density at radius 2 is 1.90 bits per heavy atom. The van der Waals surface area contributed by atoms with E-state index in [1.54, 1.807) is 0 Å². The molecule has 0 fully saturated rings. The van der Waals surface area contributed by atoms with Crippen molar-refractivity contribution in [3.8, 4) is 0 Å². The molecule has 0 spiro atoms. The molecule has 0 aliphatic heterocycles. The van der Waals surface area contributed by atoms with Gasteiger partial charge in [-0.2, -0.15) is 0 Å². The van der Waals surface area contributed by atoms with Crippen LogP contribution in [-0.2, 0) is 0 Å². The average molecular weight is 145 g/mol. The van der Waals surface area contributed by atoms with E-state index < -0.39 is 0 Å². The van der Waals surface area contributed by atoms with E-state index in [0.717, 1.165) is 4.48 Å². The minimum Gasteiger partial charge on any atom is -0.314 e. The number of quaternary nitrogens is 1. The molecular formula is C8H21N2+. The van der Waals surface area contributed by atoms with E-state index >= 15 is 0 Å². The number of nitrogens with one attached hydrogen (secondary N) is 1. The molecule has 2 nitrogen and oxygen atoms in total. The van der Waals surface area contributed by atoms with Crippen molar-refractivity contribution in [3.63, 3.8) is 0 Å². The van der Waals surface area contributed by atoms with Gasteiger partial charge < -0.3 is 4.48 Å². The van der Waals surface area contributed by atoms with E-state index in [0.29, 0.717) is 6.17 Å². The minimum atomic E-state index is 0.556. The van der Waals surface area contributed by atoms with Crippen LogP contribution in [-0.4, -0.2) is 38.3 Å². The third-order valence-electron chi connectivity index (χ3n) is 2.27. The molecule has 1 atom stereocenters. The van der Waals surface area contributed by atoms with Crippen LogP contribution in [0.2, 0.25) is 0 Å². The summed E-state index contributed by atoms with van der Waals surface area (Å²) in [6.45, 7) is 5.68. The van der Waals surface area contributed by atoms with Gasteiger partial charge in [0.25, 0.3) is 0 Å². The molecule has 0 aromatic rings. The summed E-state index contributed by atoms with van der Waals surface area (Å²) >= 11 is 0. The topological polar surface area (TPSA) is 12.0 Å². The SMILES string of the molecule is CCC[N+](C)(C)C(C)NC. The summed E-state index contributed by atoms with van der Waals surface area (Å²) in [6.07, 6.45) is 1.80. The Labute approximate surface area is 64.8 Å². The highest BCUT2D eigenvalue weighted by atomic mass is 15.4. The van der Waals surface area contributed by atoms with Gasteiger partial charge in [0.2, 0.25) is 0 Å². The molecule has 1 N–H and O–H groups in total. The lowest BCUT2D eigenvalue weighted by Gasteiger charge is -2.35. The smallest absolute Gasteiger partial charge is 0.139 e. The quantitative estimate of drug-likeness (QED) is 0.460. The lowest BCUT2D eigenvalue weighted by Crippen LogP contribution is -2.53. The van der Waals surface area contributed by atoms with Crippen molar-refractivity contribution in [1.82, 2.24) is 5.32 Å². The largest absolute Gasteiger partial charge is 0.314 e. The van der Waals surface area contributed by atoms with E-state index in [1.165, 1.54) is 13.0 Å². The van der Waals surface area contributed by atoms with Gasteiger partial charge in [0.1, 0.15) is 6.17 Å². The van der Waals surface area contributed by atoms with Crippen LogP contribution in [0, 0.1) is 0 Å². The molecule has 62 valence electrons. The molecule has 0 heterocycles. The van der Waals surface area contributed by atoms with Crippen molar-refractivity contribution >= 4 is 0 Å². The number of rotatable bonds is 4. The predicted molar refractivity (Wildman–Crippen MR) is 45.8 cm³/mol. The second kappa shape index (κ2) is 3.94. The first kappa shape index (κ1) is 9.92. The zero-order valence-corrected chi connectivity index (χ0v) is 7.94. The Kier molecular flexibility index (Phi) is 3.91. The molecule has 0 aromatic carbocycles. The first-order chi connectivity index (χ1) is 4.54. The zero-order chi connectivity index (χ0) is 8.20. The molecule has 0 saturated heterocycles. The molecule has 10 heavy (non-hydrogen) atoms. The van der Waals surface area contributed by atoms with Crippen LogP contribution in [0.25, 0.3) is 0 Å². The van der Waals surface area contributed by atoms with Gasteiger partial charge in [-0.3, -0.25) is 5.32 Å². The zero-order valence-electron chi connectivity index (χ0n) is 7.94. The normalized spacial score (nSPS) is 15.3. The van der Waals surface area contributed by atoms with Crippen LogP contribution in [0.3, 0.4) is 0 Å². The van der Waals surface area contributed by atoms with Gasteiger partial charge in [0.15, 0.2) is 0 Å². The summed E-state index contributed by atoms with van der Waals surface area (Å²) in [5.41, 5.74) is 0. The van der Waals surface area contributed by atoms with Gasteiger partial charge in [-0.05, 0) is 13.5 Å². The van der Waals surface area contributed by atoms with E-state index in [1.807, 2.05) is 7.05 Å². The van der Waals surface area contributed by atoms with Gasteiger partial charge in [0, 0.05) is 6.92 Å². The van der Waals surface area contributed by atoms with Gasteiger partial charge in [0.05, 0.1) is 20.6 Å². The van der Waals surface area contributed by atoms with Crippen LogP contribution in [0.1, 0.15) is 20.3 Å². The molecular weight excluding hydrogens is 124 g/mol. The first-order valence-electron chi connectivity index (χ1n) is 4.04. The maximum atomic E-state index is 3.26. The van der Waals surface area contributed by atoms with Crippen molar-refractivity contribution in [1.29, 1.82) is 0 Å². The molecule has 0 bridgehead atoms. The Balaban J connectivity index is 3.82. The second-order valence-electron chi connectivity index (χ2n) is 3.47. The highest BCUT2D eigenvalue weighted by Gasteiger charge is 2.20. The van der Waals surface area contributed by atoms with Gasteiger partial charge in [-0.15, -0.1) is 0 Å². The Hall–Kier alpha value is -0.0800. The minimum absolute atomic E-state index is 0.556.